The molecule has 0 aliphatic rings. The Morgan fingerprint density at radius 3 is 0.944 bits per heavy atom. The van der Waals surface area contributed by atoms with Crippen LogP contribution in [0.25, 0.3) is 0 Å². The van der Waals surface area contributed by atoms with E-state index >= 15 is 0 Å². The van der Waals surface area contributed by atoms with E-state index in [1.54, 1.807) is 0 Å². The third-order valence-electron chi connectivity index (χ3n) is 4.00. The molecule has 0 aromatic carbocycles. The molecule has 0 saturated carbocycles. The summed E-state index contributed by atoms with van der Waals surface area (Å²) in [5.74, 6) is 0.750. The summed E-state index contributed by atoms with van der Waals surface area (Å²) in [4.78, 5) is 0. The van der Waals surface area contributed by atoms with Crippen LogP contribution in [0.2, 0.25) is 0 Å². The van der Waals surface area contributed by atoms with Crippen molar-refractivity contribution >= 4 is 0 Å². The van der Waals surface area contributed by atoms with Gasteiger partial charge in [-0.25, -0.2) is 0 Å². The quantitative estimate of drug-likeness (QED) is 0.252. The van der Waals surface area contributed by atoms with Crippen LogP contribution in [-0.2, 0) is 0 Å². The predicted octanol–water partition coefficient (Wildman–Crippen LogP) is 7.30. The normalized spacial score (nSPS) is 12.9. The van der Waals surface area contributed by atoms with Gasteiger partial charge in [-0.1, -0.05) is 104 Å². The highest BCUT2D eigenvalue weighted by Gasteiger charge is 2.20. The lowest BCUT2D eigenvalue weighted by molar-refractivity contribution is 0.286. The first-order chi connectivity index (χ1) is 15.6. The molecule has 1 unspecified atom stereocenters. The molecule has 0 aromatic heterocycles. The van der Waals surface area contributed by atoms with Gasteiger partial charge in [-0.05, 0) is 75.3 Å². The van der Waals surface area contributed by atoms with E-state index in [1.165, 1.54) is 0 Å². The topological polar surface area (TPSA) is 116 Å². The molecule has 0 saturated heterocycles. The van der Waals surface area contributed by atoms with Crippen LogP contribution in [0.5, 0.6) is 0 Å². The Hall–Kier alpha value is -0.200. The molecule has 9 N–H and O–H groups in total. The molecule has 1 atom stereocenters. The van der Waals surface area contributed by atoms with Crippen molar-refractivity contribution in [3.05, 3.63) is 0 Å². The molecule has 0 aromatic rings. The summed E-state index contributed by atoms with van der Waals surface area (Å²) in [6.07, 6.45) is 3.33. The van der Waals surface area contributed by atoms with Gasteiger partial charge in [0.25, 0.3) is 0 Å². The minimum absolute atomic E-state index is 0.0156. The number of nitrogens with one attached hydrogen (secondary N) is 1. The van der Waals surface area contributed by atoms with E-state index < -0.39 is 0 Å². The largest absolute Gasteiger partial charge is 0.330 e. The monoisotopic (exact) mass is 520 g/mol. The third kappa shape index (κ3) is 84.0. The maximum Gasteiger partial charge on any atom is 0.0102 e. The molecule has 5 nitrogen and oxygen atoms in total. The molecule has 0 aliphatic heterocycles. The smallest absolute Gasteiger partial charge is 0.0102 e. The summed E-state index contributed by atoms with van der Waals surface area (Å²) in [7, 11) is 0. The Kier molecular flexibility index (Phi) is 28.9. The van der Waals surface area contributed by atoms with Crippen molar-refractivity contribution in [2.45, 2.75) is 168 Å². The molecule has 0 radical (unpaired) electrons. The lowest BCUT2D eigenvalue weighted by Crippen LogP contribution is -2.36. The Labute approximate surface area is 231 Å². The van der Waals surface area contributed by atoms with E-state index in [9.17, 15) is 0 Å². The number of hydrogen-bond donors (Lipinski definition) is 5. The molecule has 0 spiro atoms. The summed E-state index contributed by atoms with van der Waals surface area (Å²) in [5, 5.41) is 3.31. The summed E-state index contributed by atoms with van der Waals surface area (Å²) < 4.78 is 0. The summed E-state index contributed by atoms with van der Waals surface area (Å²) >= 11 is 0. The second-order valence-corrected chi connectivity index (χ2v) is 15.7. The predicted molar refractivity (Wildman–Crippen MR) is 170 cm³/mol. The van der Waals surface area contributed by atoms with Gasteiger partial charge >= 0.3 is 0 Å². The van der Waals surface area contributed by atoms with Crippen molar-refractivity contribution in [2.24, 2.45) is 45.1 Å². The van der Waals surface area contributed by atoms with E-state index in [2.05, 4.69) is 123 Å². The van der Waals surface area contributed by atoms with E-state index in [0.29, 0.717) is 34.4 Å². The van der Waals surface area contributed by atoms with Crippen LogP contribution in [0.3, 0.4) is 0 Å². The lowest BCUT2D eigenvalue weighted by atomic mass is 9.82. The zero-order chi connectivity index (χ0) is 30.6. The van der Waals surface area contributed by atoms with Crippen LogP contribution in [0.4, 0.5) is 0 Å². The Bertz CT molecular complexity index is 390. The van der Waals surface area contributed by atoms with Gasteiger partial charge in [0.05, 0.1) is 0 Å². The van der Waals surface area contributed by atoms with Gasteiger partial charge in [0, 0.05) is 23.7 Å². The highest BCUT2D eigenvalue weighted by Crippen LogP contribution is 2.24. The molecular weight excluding hydrogens is 442 g/mol. The van der Waals surface area contributed by atoms with Gasteiger partial charge in [0.2, 0.25) is 0 Å². The average Bonchev–Trinajstić information content (AvgIpc) is 2.48. The van der Waals surface area contributed by atoms with Crippen LogP contribution in [-0.4, -0.2) is 36.8 Å². The second-order valence-electron chi connectivity index (χ2n) is 15.7. The Balaban J connectivity index is -0.000000112. The zero-order valence-corrected chi connectivity index (χ0v) is 28.7. The highest BCUT2D eigenvalue weighted by atomic mass is 14.9. The van der Waals surface area contributed by atoms with Crippen LogP contribution in [0, 0.1) is 22.2 Å². The first-order valence-electron chi connectivity index (χ1n) is 14.3. The minimum atomic E-state index is -0.0156. The van der Waals surface area contributed by atoms with Crippen molar-refractivity contribution in [1.82, 2.24) is 5.32 Å². The summed E-state index contributed by atoms with van der Waals surface area (Å²) in [6, 6.07) is 1.62. The van der Waals surface area contributed by atoms with E-state index in [-0.39, 0.29) is 5.54 Å². The number of hydrogen-bond acceptors (Lipinski definition) is 5. The number of nitrogens with two attached hydrogens (primary N) is 4. The Morgan fingerprint density at radius 2 is 0.944 bits per heavy atom. The Morgan fingerprint density at radius 1 is 0.611 bits per heavy atom. The molecule has 0 fully saturated rings. The first-order valence-corrected chi connectivity index (χ1v) is 14.3. The van der Waals surface area contributed by atoms with Gasteiger partial charge in [-0.3, -0.25) is 0 Å². The highest BCUT2D eigenvalue weighted by molar-refractivity contribution is 4.78. The molecule has 0 heterocycles. The SMILES string of the molecule is CC(C)(C)CC(C)(C)N.CC(C)(C)CCN.CC(C)(C)CN.CC(C)CC(C)N.CC(C)NC(C)C. The van der Waals surface area contributed by atoms with Gasteiger partial charge in [-0.15, -0.1) is 0 Å². The van der Waals surface area contributed by atoms with Crippen molar-refractivity contribution in [3.63, 3.8) is 0 Å². The van der Waals surface area contributed by atoms with Crippen molar-refractivity contribution in [1.29, 1.82) is 0 Å². The van der Waals surface area contributed by atoms with Crippen molar-refractivity contribution in [2.75, 3.05) is 13.1 Å². The number of rotatable bonds is 6. The lowest BCUT2D eigenvalue weighted by Gasteiger charge is -2.28. The van der Waals surface area contributed by atoms with Gasteiger partial charge < -0.3 is 28.3 Å². The third-order valence-corrected chi connectivity index (χ3v) is 4.00. The maximum absolute atomic E-state index is 5.82. The molecule has 36 heavy (non-hydrogen) atoms. The fourth-order valence-corrected chi connectivity index (χ4v) is 3.21. The first kappa shape index (κ1) is 45.7. The minimum Gasteiger partial charge on any atom is -0.330 e. The summed E-state index contributed by atoms with van der Waals surface area (Å²) in [5.41, 5.74) is 23.0. The molecule has 5 heteroatoms. The van der Waals surface area contributed by atoms with Crippen LogP contribution in [0.1, 0.15) is 144 Å². The average molecular weight is 520 g/mol. The van der Waals surface area contributed by atoms with E-state index in [4.69, 9.17) is 22.9 Å². The van der Waals surface area contributed by atoms with E-state index in [1.807, 2.05) is 6.92 Å². The molecule has 0 amide bonds. The van der Waals surface area contributed by atoms with Gasteiger partial charge in [0.15, 0.2) is 0 Å². The summed E-state index contributed by atoms with van der Waals surface area (Å²) in [6.45, 7) is 40.3. The van der Waals surface area contributed by atoms with Crippen LogP contribution < -0.4 is 28.3 Å². The van der Waals surface area contributed by atoms with Crippen molar-refractivity contribution in [3.8, 4) is 0 Å². The molecule has 0 aliphatic carbocycles. The standard InChI is InChI=1S/C8H19N.3C6H15N.C5H13N/c1-7(2,3)6-8(4,5)9;1-6(2,3)4-5-7;1-5(2)7-6(3)4;1-5(2)4-6(3)7;1-5(2,3)4-6/h6,9H2,1-5H3;4-5,7H2,1-3H3;5-7H,1-4H3;5-6H,4,7H2,1-3H3;4,6H2,1-3H3. The molecule has 0 bridgehead atoms. The molecule has 226 valence electrons. The van der Waals surface area contributed by atoms with E-state index in [0.717, 1.165) is 38.3 Å². The van der Waals surface area contributed by atoms with Crippen LogP contribution >= 0.6 is 0 Å². The fourth-order valence-electron chi connectivity index (χ4n) is 3.21. The van der Waals surface area contributed by atoms with Crippen molar-refractivity contribution < 1.29 is 0 Å². The fraction of sp³-hybridized carbons (Fsp3) is 1.00. The van der Waals surface area contributed by atoms with Gasteiger partial charge in [0.1, 0.15) is 0 Å². The second kappa shape index (κ2) is 22.8. The molecule has 0 rings (SSSR count). The van der Waals surface area contributed by atoms with Crippen LogP contribution in [0.15, 0.2) is 0 Å². The maximum atomic E-state index is 5.82. The molecular formula is C31H77N5. The zero-order valence-electron chi connectivity index (χ0n) is 28.7. The van der Waals surface area contributed by atoms with Gasteiger partial charge in [-0.2, -0.15) is 0 Å².